The van der Waals surface area contributed by atoms with E-state index in [1.165, 1.54) is 41.3 Å². The maximum absolute atomic E-state index is 4.84. The van der Waals surface area contributed by atoms with Gasteiger partial charge in [-0.25, -0.2) is 4.98 Å². The molecule has 1 aromatic rings. The molecule has 0 spiro atoms. The highest BCUT2D eigenvalue weighted by atomic mass is 32.1. The van der Waals surface area contributed by atoms with Crippen LogP contribution in [0.25, 0.3) is 0 Å². The molecular formula is C17H28N4S. The molecule has 2 fully saturated rings. The van der Waals surface area contributed by atoms with Gasteiger partial charge in [0.25, 0.3) is 0 Å². The summed E-state index contributed by atoms with van der Waals surface area (Å²) < 4.78 is 0. The highest BCUT2D eigenvalue weighted by Crippen LogP contribution is 2.61. The summed E-state index contributed by atoms with van der Waals surface area (Å²) >= 11 is 1.81. The number of thiazole rings is 1. The van der Waals surface area contributed by atoms with E-state index >= 15 is 0 Å². The number of nitrogens with zero attached hydrogens (tertiary/aromatic N) is 2. The number of aliphatic imine (C=N–C) groups is 1. The highest BCUT2D eigenvalue weighted by Gasteiger charge is 2.53. The van der Waals surface area contributed by atoms with Crippen molar-refractivity contribution < 1.29 is 0 Å². The minimum Gasteiger partial charge on any atom is -0.357 e. The van der Waals surface area contributed by atoms with Gasteiger partial charge in [0.2, 0.25) is 0 Å². The molecule has 122 valence electrons. The third-order valence-corrected chi connectivity index (χ3v) is 6.07. The zero-order valence-corrected chi connectivity index (χ0v) is 14.9. The third-order valence-electron chi connectivity index (χ3n) is 4.94. The molecule has 0 aromatic carbocycles. The van der Waals surface area contributed by atoms with Gasteiger partial charge in [-0.15, -0.1) is 11.3 Å². The van der Waals surface area contributed by atoms with Crippen LogP contribution in [0.4, 0.5) is 0 Å². The topological polar surface area (TPSA) is 49.3 Å². The van der Waals surface area contributed by atoms with Gasteiger partial charge < -0.3 is 10.6 Å². The summed E-state index contributed by atoms with van der Waals surface area (Å²) in [6.45, 7) is 9.16. The number of guanidine groups is 1. The molecule has 0 amide bonds. The number of rotatable bonds is 7. The minimum atomic E-state index is 0.575. The van der Waals surface area contributed by atoms with Crippen molar-refractivity contribution >= 4 is 17.3 Å². The molecule has 0 saturated heterocycles. The Bertz CT molecular complexity index is 521. The van der Waals surface area contributed by atoms with Gasteiger partial charge in [0.1, 0.15) is 0 Å². The Balaban J connectivity index is 1.48. The van der Waals surface area contributed by atoms with Gasteiger partial charge in [-0.2, -0.15) is 0 Å². The SMILES string of the molecule is CCNC(=NCC1(C2CC2)CC1)NCCc1nc(C)c(C)s1. The maximum atomic E-state index is 4.84. The Kier molecular flexibility index (Phi) is 4.71. The van der Waals surface area contributed by atoms with E-state index in [1.54, 1.807) is 0 Å². The molecule has 1 aromatic heterocycles. The van der Waals surface area contributed by atoms with E-state index in [0.29, 0.717) is 5.41 Å². The lowest BCUT2D eigenvalue weighted by molar-refractivity contribution is 0.452. The van der Waals surface area contributed by atoms with Crippen LogP contribution < -0.4 is 10.6 Å². The first-order valence-corrected chi connectivity index (χ1v) is 9.40. The Morgan fingerprint density at radius 2 is 2.09 bits per heavy atom. The summed E-state index contributed by atoms with van der Waals surface area (Å²) in [5, 5.41) is 8.05. The van der Waals surface area contributed by atoms with E-state index in [-0.39, 0.29) is 0 Å². The summed E-state index contributed by atoms with van der Waals surface area (Å²) in [5.41, 5.74) is 1.74. The normalized spacial score (nSPS) is 20.0. The summed E-state index contributed by atoms with van der Waals surface area (Å²) in [5.74, 6) is 1.94. The molecule has 22 heavy (non-hydrogen) atoms. The lowest BCUT2D eigenvalue weighted by Gasteiger charge is -2.14. The van der Waals surface area contributed by atoms with Crippen molar-refractivity contribution in [2.24, 2.45) is 16.3 Å². The predicted octanol–water partition coefficient (Wildman–Crippen LogP) is 3.05. The second-order valence-electron chi connectivity index (χ2n) is 6.76. The fourth-order valence-electron chi connectivity index (χ4n) is 3.06. The summed E-state index contributed by atoms with van der Waals surface area (Å²) in [7, 11) is 0. The molecule has 1 heterocycles. The molecule has 0 radical (unpaired) electrons. The lowest BCUT2D eigenvalue weighted by atomic mass is 10.0. The van der Waals surface area contributed by atoms with Crippen LogP contribution in [-0.4, -0.2) is 30.6 Å². The molecule has 0 atom stereocenters. The number of aromatic nitrogens is 1. The second-order valence-corrected chi connectivity index (χ2v) is 8.05. The Hall–Kier alpha value is -1.10. The zero-order valence-electron chi connectivity index (χ0n) is 14.0. The quantitative estimate of drug-likeness (QED) is 0.600. The fraction of sp³-hybridized carbons (Fsp3) is 0.765. The van der Waals surface area contributed by atoms with Crippen LogP contribution in [-0.2, 0) is 6.42 Å². The molecule has 3 rings (SSSR count). The highest BCUT2D eigenvalue weighted by molar-refractivity contribution is 7.11. The van der Waals surface area contributed by atoms with Crippen LogP contribution in [0.3, 0.4) is 0 Å². The Morgan fingerprint density at radius 1 is 1.32 bits per heavy atom. The van der Waals surface area contributed by atoms with E-state index in [1.807, 2.05) is 11.3 Å². The molecule has 2 aliphatic carbocycles. The van der Waals surface area contributed by atoms with Crippen molar-refractivity contribution in [2.75, 3.05) is 19.6 Å². The van der Waals surface area contributed by atoms with Gasteiger partial charge in [0.15, 0.2) is 5.96 Å². The van der Waals surface area contributed by atoms with Crippen LogP contribution >= 0.6 is 11.3 Å². The van der Waals surface area contributed by atoms with Gasteiger partial charge in [-0.3, -0.25) is 4.99 Å². The summed E-state index contributed by atoms with van der Waals surface area (Å²) in [6.07, 6.45) is 6.61. The average Bonchev–Trinajstić information content (AvgIpc) is 3.36. The molecule has 0 aliphatic heterocycles. The summed E-state index contributed by atoms with van der Waals surface area (Å²) in [6, 6.07) is 0. The van der Waals surface area contributed by atoms with Crippen molar-refractivity contribution in [3.63, 3.8) is 0 Å². The van der Waals surface area contributed by atoms with Crippen molar-refractivity contribution in [1.82, 2.24) is 15.6 Å². The van der Waals surface area contributed by atoms with Crippen molar-refractivity contribution in [2.45, 2.75) is 52.9 Å². The first-order chi connectivity index (χ1) is 10.6. The van der Waals surface area contributed by atoms with Crippen LogP contribution in [0, 0.1) is 25.2 Å². The van der Waals surface area contributed by atoms with E-state index in [0.717, 1.165) is 37.9 Å². The minimum absolute atomic E-state index is 0.575. The van der Waals surface area contributed by atoms with Crippen LogP contribution in [0.1, 0.15) is 48.2 Å². The number of hydrogen-bond donors (Lipinski definition) is 2. The molecular weight excluding hydrogens is 292 g/mol. The summed E-state index contributed by atoms with van der Waals surface area (Å²) in [4.78, 5) is 10.8. The lowest BCUT2D eigenvalue weighted by Crippen LogP contribution is -2.38. The van der Waals surface area contributed by atoms with E-state index in [4.69, 9.17) is 4.99 Å². The Labute approximate surface area is 137 Å². The molecule has 2 saturated carbocycles. The van der Waals surface area contributed by atoms with Crippen LogP contribution in [0.15, 0.2) is 4.99 Å². The van der Waals surface area contributed by atoms with Crippen LogP contribution in [0.5, 0.6) is 0 Å². The fourth-order valence-corrected chi connectivity index (χ4v) is 4.00. The molecule has 2 N–H and O–H groups in total. The van der Waals surface area contributed by atoms with Gasteiger partial charge >= 0.3 is 0 Å². The number of aryl methyl sites for hydroxylation is 2. The first-order valence-electron chi connectivity index (χ1n) is 8.58. The molecule has 2 aliphatic rings. The predicted molar refractivity (Wildman–Crippen MR) is 93.7 cm³/mol. The van der Waals surface area contributed by atoms with Gasteiger partial charge in [-0.1, -0.05) is 0 Å². The van der Waals surface area contributed by atoms with Crippen molar-refractivity contribution in [3.8, 4) is 0 Å². The van der Waals surface area contributed by atoms with Crippen molar-refractivity contribution in [3.05, 3.63) is 15.6 Å². The monoisotopic (exact) mass is 320 g/mol. The van der Waals surface area contributed by atoms with E-state index < -0.39 is 0 Å². The largest absolute Gasteiger partial charge is 0.357 e. The zero-order chi connectivity index (χ0) is 15.6. The molecule has 0 unspecified atom stereocenters. The van der Waals surface area contributed by atoms with Gasteiger partial charge in [0, 0.05) is 30.9 Å². The first kappa shape index (κ1) is 15.8. The standard InChI is InChI=1S/C17H28N4S/c1-4-18-16(20-11-17(8-9-17)14-5-6-14)19-10-7-15-21-12(2)13(3)22-15/h14H,4-11H2,1-3H3,(H2,18,19,20). The van der Waals surface area contributed by atoms with Crippen molar-refractivity contribution in [1.29, 1.82) is 0 Å². The number of nitrogens with one attached hydrogen (secondary N) is 2. The number of hydrogen-bond acceptors (Lipinski definition) is 3. The van der Waals surface area contributed by atoms with Gasteiger partial charge in [0.05, 0.1) is 10.7 Å². The second kappa shape index (κ2) is 6.57. The molecule has 4 nitrogen and oxygen atoms in total. The van der Waals surface area contributed by atoms with E-state index in [9.17, 15) is 0 Å². The smallest absolute Gasteiger partial charge is 0.191 e. The molecule has 0 bridgehead atoms. The van der Waals surface area contributed by atoms with E-state index in [2.05, 4.69) is 36.4 Å². The average molecular weight is 321 g/mol. The third kappa shape index (κ3) is 3.80. The maximum Gasteiger partial charge on any atom is 0.191 e. The van der Waals surface area contributed by atoms with Gasteiger partial charge in [-0.05, 0) is 57.8 Å². The molecule has 5 heteroatoms. The van der Waals surface area contributed by atoms with Crippen LogP contribution in [0.2, 0.25) is 0 Å². The Morgan fingerprint density at radius 3 is 2.64 bits per heavy atom.